The van der Waals surface area contributed by atoms with Gasteiger partial charge in [0.1, 0.15) is 5.78 Å². The second-order valence-corrected chi connectivity index (χ2v) is 6.71. The average molecular weight is 326 g/mol. The molecule has 0 amide bonds. The molecule has 1 aliphatic carbocycles. The summed E-state index contributed by atoms with van der Waals surface area (Å²) in [6.45, 7) is 0. The molecule has 0 aromatic carbocycles. The van der Waals surface area contributed by atoms with Crippen molar-refractivity contribution in [1.82, 2.24) is 0 Å². The Hall–Kier alpha value is -1.39. The van der Waals surface area contributed by atoms with Crippen LogP contribution in [0, 0.1) is 11.8 Å². The fourth-order valence-corrected chi connectivity index (χ4v) is 3.45. The maximum absolute atomic E-state index is 12.8. The molecule has 0 radical (unpaired) electrons. The van der Waals surface area contributed by atoms with E-state index in [0.29, 0.717) is 12.8 Å². The molecule has 5 nitrogen and oxygen atoms in total. The van der Waals surface area contributed by atoms with Crippen molar-refractivity contribution in [3.8, 4) is 0 Å². The summed E-state index contributed by atoms with van der Waals surface area (Å²) in [7, 11) is 0. The third-order valence-electron chi connectivity index (χ3n) is 4.82. The first-order valence-corrected chi connectivity index (χ1v) is 8.98. The third kappa shape index (κ3) is 8.72. The first kappa shape index (κ1) is 19.7. The predicted molar refractivity (Wildman–Crippen MR) is 87.3 cm³/mol. The van der Waals surface area contributed by atoms with E-state index in [0.717, 1.165) is 38.5 Å². The van der Waals surface area contributed by atoms with Gasteiger partial charge in [0.25, 0.3) is 0 Å². The van der Waals surface area contributed by atoms with Crippen LogP contribution >= 0.6 is 0 Å². The molecule has 1 saturated carbocycles. The second-order valence-electron chi connectivity index (χ2n) is 6.71. The molecule has 0 aromatic rings. The minimum absolute atomic E-state index is 0.0159. The van der Waals surface area contributed by atoms with Crippen LogP contribution in [0.15, 0.2) is 0 Å². The number of hydrogen-bond acceptors (Lipinski definition) is 3. The van der Waals surface area contributed by atoms with Crippen LogP contribution in [0.1, 0.15) is 83.5 Å². The van der Waals surface area contributed by atoms with E-state index >= 15 is 0 Å². The van der Waals surface area contributed by atoms with E-state index in [4.69, 9.17) is 10.2 Å². The lowest BCUT2D eigenvalue weighted by Crippen LogP contribution is -2.25. The van der Waals surface area contributed by atoms with Gasteiger partial charge in [0.2, 0.25) is 0 Å². The zero-order valence-corrected chi connectivity index (χ0v) is 14.0. The van der Waals surface area contributed by atoms with Crippen molar-refractivity contribution in [2.45, 2.75) is 83.5 Å². The monoisotopic (exact) mass is 326 g/mol. The van der Waals surface area contributed by atoms with Crippen molar-refractivity contribution in [2.24, 2.45) is 11.8 Å². The Labute approximate surface area is 138 Å². The Morgan fingerprint density at radius 1 is 0.739 bits per heavy atom. The van der Waals surface area contributed by atoms with Gasteiger partial charge in [-0.1, -0.05) is 44.9 Å². The van der Waals surface area contributed by atoms with Gasteiger partial charge in [-0.2, -0.15) is 0 Å². The highest BCUT2D eigenvalue weighted by Gasteiger charge is 2.27. The molecular formula is C18H30O5. The van der Waals surface area contributed by atoms with E-state index in [2.05, 4.69) is 0 Å². The first-order chi connectivity index (χ1) is 11.0. The molecule has 0 heterocycles. The summed E-state index contributed by atoms with van der Waals surface area (Å²) in [4.78, 5) is 34.5. The molecule has 1 rings (SSSR count). The van der Waals surface area contributed by atoms with Crippen LogP contribution in [-0.4, -0.2) is 27.9 Å². The van der Waals surface area contributed by atoms with Crippen LogP contribution in [-0.2, 0) is 14.4 Å². The molecule has 5 heteroatoms. The number of rotatable bonds is 6. The summed E-state index contributed by atoms with van der Waals surface area (Å²) in [6, 6.07) is 0. The van der Waals surface area contributed by atoms with Crippen LogP contribution in [0.4, 0.5) is 0 Å². The lowest BCUT2D eigenvalue weighted by molar-refractivity contribution is -0.138. The second kappa shape index (κ2) is 11.2. The summed E-state index contributed by atoms with van der Waals surface area (Å²) in [5.74, 6) is -2.07. The number of hydrogen-bond donors (Lipinski definition) is 2. The van der Waals surface area contributed by atoms with Crippen LogP contribution in [0.2, 0.25) is 0 Å². The largest absolute Gasteiger partial charge is 0.481 e. The Bertz CT molecular complexity index is 357. The number of carbonyl (C=O) groups is 3. The lowest BCUT2D eigenvalue weighted by atomic mass is 9.81. The van der Waals surface area contributed by atoms with Gasteiger partial charge in [-0.25, -0.2) is 0 Å². The summed E-state index contributed by atoms with van der Waals surface area (Å²) >= 11 is 0. The SMILES string of the molecule is O=C(O)CC[C@H]1CCCCCCCCC[C@@H](CCC(=O)O)C1=O. The molecule has 1 fully saturated rings. The summed E-state index contributed by atoms with van der Waals surface area (Å²) < 4.78 is 0. The van der Waals surface area contributed by atoms with Crippen molar-refractivity contribution in [1.29, 1.82) is 0 Å². The van der Waals surface area contributed by atoms with Gasteiger partial charge in [-0.05, 0) is 25.7 Å². The van der Waals surface area contributed by atoms with Gasteiger partial charge in [0, 0.05) is 24.7 Å². The van der Waals surface area contributed by atoms with Crippen LogP contribution < -0.4 is 0 Å². The summed E-state index contributed by atoms with van der Waals surface area (Å²) in [5.41, 5.74) is 0. The van der Waals surface area contributed by atoms with E-state index in [1.54, 1.807) is 0 Å². The molecule has 0 aromatic heterocycles. The van der Waals surface area contributed by atoms with Crippen molar-refractivity contribution in [3.05, 3.63) is 0 Å². The van der Waals surface area contributed by atoms with Crippen molar-refractivity contribution >= 4 is 17.7 Å². The molecule has 0 aliphatic heterocycles. The highest BCUT2D eigenvalue weighted by atomic mass is 16.4. The van der Waals surface area contributed by atoms with Crippen molar-refractivity contribution < 1.29 is 24.6 Å². The van der Waals surface area contributed by atoms with E-state index in [1.807, 2.05) is 0 Å². The van der Waals surface area contributed by atoms with Gasteiger partial charge >= 0.3 is 11.9 Å². The molecule has 2 atom stereocenters. The van der Waals surface area contributed by atoms with Gasteiger partial charge in [-0.3, -0.25) is 14.4 Å². The van der Waals surface area contributed by atoms with E-state index in [1.165, 1.54) is 19.3 Å². The van der Waals surface area contributed by atoms with E-state index < -0.39 is 11.9 Å². The molecule has 23 heavy (non-hydrogen) atoms. The molecule has 1 aliphatic rings. The van der Waals surface area contributed by atoms with Crippen LogP contribution in [0.5, 0.6) is 0 Å². The Morgan fingerprint density at radius 3 is 1.43 bits per heavy atom. The lowest BCUT2D eigenvalue weighted by Gasteiger charge is -2.23. The maximum Gasteiger partial charge on any atom is 0.303 e. The number of carbonyl (C=O) groups excluding carboxylic acids is 1. The zero-order valence-electron chi connectivity index (χ0n) is 14.0. The minimum Gasteiger partial charge on any atom is -0.481 e. The van der Waals surface area contributed by atoms with Gasteiger partial charge in [-0.15, -0.1) is 0 Å². The van der Waals surface area contributed by atoms with Crippen molar-refractivity contribution in [2.75, 3.05) is 0 Å². The number of carboxylic acids is 2. The van der Waals surface area contributed by atoms with Crippen LogP contribution in [0.3, 0.4) is 0 Å². The molecule has 0 unspecified atom stereocenters. The predicted octanol–water partition coefficient (Wildman–Crippen LogP) is 4.04. The quantitative estimate of drug-likeness (QED) is 0.768. The standard InChI is InChI=1S/C18H30O5/c19-16(20)12-10-14-8-6-4-2-1-3-5-7-9-15(18(14)23)11-13-17(21)22/h14-15H,1-13H2,(H,19,20)(H,21,22)/t14-,15+. The molecule has 2 N–H and O–H groups in total. The van der Waals surface area contributed by atoms with Crippen LogP contribution in [0.25, 0.3) is 0 Å². The van der Waals surface area contributed by atoms with Crippen molar-refractivity contribution in [3.63, 3.8) is 0 Å². The Kier molecular flexibility index (Phi) is 9.57. The maximum atomic E-state index is 12.8. The number of Topliss-reactive ketones (excluding diaryl/α,β-unsaturated/α-hetero) is 1. The highest BCUT2D eigenvalue weighted by molar-refractivity contribution is 5.84. The molecule has 0 spiro atoms. The fraction of sp³-hybridized carbons (Fsp3) is 0.833. The number of carboxylic acid groups (broad SMARTS) is 2. The number of aliphatic carboxylic acids is 2. The number of ketones is 1. The van der Waals surface area contributed by atoms with E-state index in [-0.39, 0.29) is 30.5 Å². The molecular weight excluding hydrogens is 296 g/mol. The van der Waals surface area contributed by atoms with Gasteiger partial charge in [0.15, 0.2) is 0 Å². The Morgan fingerprint density at radius 2 is 1.09 bits per heavy atom. The Balaban J connectivity index is 2.72. The highest BCUT2D eigenvalue weighted by Crippen LogP contribution is 2.27. The summed E-state index contributed by atoms with van der Waals surface area (Å²) in [6.07, 6.45) is 9.99. The first-order valence-electron chi connectivity index (χ1n) is 8.98. The molecule has 0 saturated heterocycles. The topological polar surface area (TPSA) is 91.7 Å². The fourth-order valence-electron chi connectivity index (χ4n) is 3.45. The third-order valence-corrected chi connectivity index (χ3v) is 4.82. The normalized spacial score (nSPS) is 24.4. The average Bonchev–Trinajstić information content (AvgIpc) is 2.48. The van der Waals surface area contributed by atoms with Gasteiger partial charge in [0.05, 0.1) is 0 Å². The molecule has 132 valence electrons. The van der Waals surface area contributed by atoms with E-state index in [9.17, 15) is 14.4 Å². The smallest absolute Gasteiger partial charge is 0.303 e. The van der Waals surface area contributed by atoms with Gasteiger partial charge < -0.3 is 10.2 Å². The zero-order chi connectivity index (χ0) is 17.1. The minimum atomic E-state index is -0.869. The molecule has 0 bridgehead atoms. The summed E-state index contributed by atoms with van der Waals surface area (Å²) in [5, 5.41) is 17.8.